The molecule has 4 saturated heterocycles. The van der Waals surface area contributed by atoms with Gasteiger partial charge in [-0.25, -0.2) is 4.79 Å². The molecule has 0 N–H and O–H groups in total. The van der Waals surface area contributed by atoms with Crippen LogP contribution in [0.2, 0.25) is 0 Å². The van der Waals surface area contributed by atoms with Crippen LogP contribution in [0.15, 0.2) is 50.1 Å². The van der Waals surface area contributed by atoms with Crippen molar-refractivity contribution in [2.24, 2.45) is 0 Å². The molecule has 170 valence electrons. The molecular formula is C23H36O7. The predicted molar refractivity (Wildman–Crippen MR) is 115 cm³/mol. The molecule has 4 fully saturated rings. The molecule has 0 radical (unpaired) electrons. The van der Waals surface area contributed by atoms with E-state index < -0.39 is 0 Å². The normalized spacial score (nSPS) is 25.9. The summed E-state index contributed by atoms with van der Waals surface area (Å²) in [5.41, 5.74) is 0.431. The largest absolute Gasteiger partial charge is 0.459 e. The average Bonchev–Trinajstić information content (AvgIpc) is 3.61. The number of rotatable bonds is 11. The van der Waals surface area contributed by atoms with E-state index in [1.54, 1.807) is 19.1 Å². The minimum absolute atomic E-state index is 0.142. The summed E-state index contributed by atoms with van der Waals surface area (Å²) in [4.78, 5) is 10.7. The third-order valence-corrected chi connectivity index (χ3v) is 3.81. The lowest BCUT2D eigenvalue weighted by Crippen LogP contribution is -2.09. The maximum Gasteiger partial charge on any atom is 0.333 e. The van der Waals surface area contributed by atoms with E-state index in [1.807, 2.05) is 6.08 Å². The van der Waals surface area contributed by atoms with Crippen LogP contribution in [0.1, 0.15) is 19.8 Å². The lowest BCUT2D eigenvalue weighted by molar-refractivity contribution is -0.139. The molecule has 30 heavy (non-hydrogen) atoms. The molecule has 0 aromatic rings. The number of esters is 1. The first kappa shape index (κ1) is 26.3. The first-order chi connectivity index (χ1) is 14.5. The van der Waals surface area contributed by atoms with Crippen molar-refractivity contribution in [1.29, 1.82) is 0 Å². The number of allylic oxidation sites excluding steroid dienone is 1. The molecule has 4 heterocycles. The maximum atomic E-state index is 10.7. The monoisotopic (exact) mass is 424 g/mol. The Kier molecular flexibility index (Phi) is 14.0. The van der Waals surface area contributed by atoms with Gasteiger partial charge >= 0.3 is 5.97 Å². The molecule has 4 aliphatic heterocycles. The van der Waals surface area contributed by atoms with Crippen LogP contribution in [-0.2, 0) is 33.2 Å². The Labute approximate surface area is 180 Å². The average molecular weight is 425 g/mol. The van der Waals surface area contributed by atoms with Crippen LogP contribution in [0.5, 0.6) is 0 Å². The number of hydrogen-bond donors (Lipinski definition) is 0. The molecule has 0 spiro atoms. The smallest absolute Gasteiger partial charge is 0.333 e. The Hall–Kier alpha value is -1.77. The third-order valence-electron chi connectivity index (χ3n) is 3.81. The van der Waals surface area contributed by atoms with Crippen LogP contribution in [0.3, 0.4) is 0 Å². The summed E-state index contributed by atoms with van der Waals surface area (Å²) >= 11 is 0. The first-order valence-electron chi connectivity index (χ1n) is 10.2. The second kappa shape index (κ2) is 16.0. The highest BCUT2D eigenvalue weighted by atomic mass is 16.6. The lowest BCUT2D eigenvalue weighted by atomic mass is 10.2. The van der Waals surface area contributed by atoms with Gasteiger partial charge in [0, 0.05) is 5.57 Å². The molecule has 0 aromatic carbocycles. The molecule has 4 rings (SSSR count). The van der Waals surface area contributed by atoms with Gasteiger partial charge in [-0.2, -0.15) is 0 Å². The van der Waals surface area contributed by atoms with Gasteiger partial charge < -0.3 is 28.4 Å². The van der Waals surface area contributed by atoms with Crippen LogP contribution in [0.25, 0.3) is 0 Å². The Morgan fingerprint density at radius 3 is 1.87 bits per heavy atom. The highest BCUT2D eigenvalue weighted by Crippen LogP contribution is 2.14. The van der Waals surface area contributed by atoms with Gasteiger partial charge in [-0.1, -0.05) is 24.8 Å². The summed E-state index contributed by atoms with van der Waals surface area (Å²) in [6.45, 7) is 20.9. The highest BCUT2D eigenvalue weighted by molar-refractivity contribution is 5.86. The SMILES string of the molecule is C=C(C)C(=O)OCC1CO1.C=CC1CO1.C=CCCC1CO1.C=CCOCC1CO1. The molecule has 0 saturated carbocycles. The first-order valence-corrected chi connectivity index (χ1v) is 10.2. The third kappa shape index (κ3) is 18.3. The van der Waals surface area contributed by atoms with Crippen molar-refractivity contribution in [2.45, 2.75) is 44.2 Å². The number of ether oxygens (including phenoxy) is 6. The Balaban J connectivity index is 0.000000205. The molecule has 0 bridgehead atoms. The molecule has 4 unspecified atom stereocenters. The van der Waals surface area contributed by atoms with E-state index in [-0.39, 0.29) is 12.1 Å². The van der Waals surface area contributed by atoms with Gasteiger partial charge in [0.25, 0.3) is 0 Å². The van der Waals surface area contributed by atoms with E-state index in [2.05, 4.69) is 26.3 Å². The fourth-order valence-corrected chi connectivity index (χ4v) is 1.63. The molecule has 0 aromatic heterocycles. The number of carbonyl (C=O) groups is 1. The lowest BCUT2D eigenvalue weighted by Gasteiger charge is -1.99. The van der Waals surface area contributed by atoms with Gasteiger partial charge in [0.15, 0.2) is 0 Å². The molecule has 7 heteroatoms. The van der Waals surface area contributed by atoms with Gasteiger partial charge in [-0.05, 0) is 19.8 Å². The number of hydrogen-bond acceptors (Lipinski definition) is 7. The second-order valence-electron chi connectivity index (χ2n) is 7.04. The van der Waals surface area contributed by atoms with E-state index in [1.165, 1.54) is 6.42 Å². The molecule has 4 atom stereocenters. The van der Waals surface area contributed by atoms with Crippen molar-refractivity contribution in [3.63, 3.8) is 0 Å². The quantitative estimate of drug-likeness (QED) is 0.166. The topological polar surface area (TPSA) is 85.7 Å². The van der Waals surface area contributed by atoms with Crippen molar-refractivity contribution < 1.29 is 33.2 Å². The van der Waals surface area contributed by atoms with Crippen LogP contribution in [0, 0.1) is 0 Å². The van der Waals surface area contributed by atoms with Gasteiger partial charge in [-0.15, -0.1) is 19.7 Å². The van der Waals surface area contributed by atoms with E-state index >= 15 is 0 Å². The summed E-state index contributed by atoms with van der Waals surface area (Å²) in [5.74, 6) is -0.337. The van der Waals surface area contributed by atoms with Crippen LogP contribution < -0.4 is 0 Å². The zero-order chi connectivity index (χ0) is 22.2. The van der Waals surface area contributed by atoms with Crippen molar-refractivity contribution in [2.75, 3.05) is 46.2 Å². The van der Waals surface area contributed by atoms with Crippen molar-refractivity contribution in [3.8, 4) is 0 Å². The van der Waals surface area contributed by atoms with E-state index in [4.69, 9.17) is 28.4 Å². The van der Waals surface area contributed by atoms with E-state index in [0.717, 1.165) is 32.8 Å². The zero-order valence-electron chi connectivity index (χ0n) is 18.1. The minimum atomic E-state index is -0.337. The molecule has 7 nitrogen and oxygen atoms in total. The Morgan fingerprint density at radius 2 is 1.50 bits per heavy atom. The zero-order valence-corrected chi connectivity index (χ0v) is 18.1. The van der Waals surface area contributed by atoms with Crippen molar-refractivity contribution >= 4 is 5.97 Å². The summed E-state index contributed by atoms with van der Waals surface area (Å²) in [6, 6.07) is 0. The summed E-state index contributed by atoms with van der Waals surface area (Å²) in [6.07, 6.45) is 9.25. The van der Waals surface area contributed by atoms with E-state index in [0.29, 0.717) is 43.7 Å². The summed E-state index contributed by atoms with van der Waals surface area (Å²) < 4.78 is 29.3. The Morgan fingerprint density at radius 1 is 0.933 bits per heavy atom. The van der Waals surface area contributed by atoms with Crippen LogP contribution in [0.4, 0.5) is 0 Å². The van der Waals surface area contributed by atoms with Gasteiger partial charge in [0.05, 0.1) is 51.8 Å². The second-order valence-corrected chi connectivity index (χ2v) is 7.04. The molecular weight excluding hydrogens is 388 g/mol. The van der Waals surface area contributed by atoms with Crippen LogP contribution >= 0.6 is 0 Å². The molecule has 0 amide bonds. The number of epoxide rings is 4. The van der Waals surface area contributed by atoms with Crippen molar-refractivity contribution in [3.05, 3.63) is 50.1 Å². The predicted octanol–water partition coefficient (Wildman–Crippen LogP) is 3.01. The standard InChI is InChI=1S/C7H10O3.C6H10O2.C6H10O.C4H6O/c1-5(2)7(8)10-4-6-3-9-6;1-2-3-7-4-6-5-8-6;1-2-3-4-6-5-7-6;1-2-4-3-5-4/h6H,1,3-4H2,2H3;2,6H,1,3-5H2;2,6H,1,3-5H2;2,4H,1,3H2. The summed E-state index contributed by atoms with van der Waals surface area (Å²) in [5, 5.41) is 0. The highest BCUT2D eigenvalue weighted by Gasteiger charge is 2.24. The minimum Gasteiger partial charge on any atom is -0.459 e. The maximum absolute atomic E-state index is 10.7. The number of carbonyl (C=O) groups excluding carboxylic acids is 1. The fraction of sp³-hybridized carbons (Fsp3) is 0.609. The van der Waals surface area contributed by atoms with Gasteiger partial charge in [0.2, 0.25) is 0 Å². The Bertz CT molecular complexity index is 530. The van der Waals surface area contributed by atoms with Crippen molar-refractivity contribution in [1.82, 2.24) is 0 Å². The summed E-state index contributed by atoms with van der Waals surface area (Å²) in [7, 11) is 0. The van der Waals surface area contributed by atoms with Gasteiger partial charge in [-0.3, -0.25) is 0 Å². The van der Waals surface area contributed by atoms with Gasteiger partial charge in [0.1, 0.15) is 18.8 Å². The van der Waals surface area contributed by atoms with E-state index in [9.17, 15) is 4.79 Å². The fourth-order valence-electron chi connectivity index (χ4n) is 1.63. The van der Waals surface area contributed by atoms with Crippen LogP contribution in [-0.4, -0.2) is 76.6 Å². The molecule has 4 aliphatic rings. The molecule has 0 aliphatic carbocycles.